The van der Waals surface area contributed by atoms with E-state index in [9.17, 15) is 4.79 Å². The van der Waals surface area contributed by atoms with Gasteiger partial charge in [0, 0.05) is 6.20 Å². The Bertz CT molecular complexity index is 339. The second-order valence-corrected chi connectivity index (χ2v) is 4.21. The summed E-state index contributed by atoms with van der Waals surface area (Å²) in [5.74, 6) is -0.969. The summed E-state index contributed by atoms with van der Waals surface area (Å²) in [5.41, 5.74) is -0.0243. The number of aromatic carboxylic acids is 1. The molecular weight excluding hydrogens is 196 g/mol. The van der Waals surface area contributed by atoms with Crippen molar-refractivity contribution in [3.63, 3.8) is 0 Å². The van der Waals surface area contributed by atoms with Gasteiger partial charge in [0.1, 0.15) is 5.69 Å². The van der Waals surface area contributed by atoms with Gasteiger partial charge in [0.2, 0.25) is 0 Å². The lowest BCUT2D eigenvalue weighted by Gasteiger charge is -2.19. The first-order valence-corrected chi connectivity index (χ1v) is 4.79. The number of ether oxygens (including phenoxy) is 1. The van der Waals surface area contributed by atoms with Crippen molar-refractivity contribution in [2.75, 3.05) is 6.61 Å². The first-order valence-electron chi connectivity index (χ1n) is 4.79. The van der Waals surface area contributed by atoms with Crippen LogP contribution >= 0.6 is 0 Å². The average Bonchev–Trinajstić information content (AvgIpc) is 2.49. The predicted molar refractivity (Wildman–Crippen MR) is 54.9 cm³/mol. The van der Waals surface area contributed by atoms with Crippen LogP contribution in [0.1, 0.15) is 31.3 Å². The van der Waals surface area contributed by atoms with Crippen LogP contribution in [0.25, 0.3) is 0 Å². The average molecular weight is 212 g/mol. The molecule has 0 radical (unpaired) electrons. The van der Waals surface area contributed by atoms with Crippen molar-refractivity contribution in [3.05, 3.63) is 18.0 Å². The van der Waals surface area contributed by atoms with E-state index in [1.54, 1.807) is 0 Å². The Morgan fingerprint density at radius 3 is 2.80 bits per heavy atom. The SMILES string of the molecule is CC(C)(C)OCCn1nccc1C(=O)O. The lowest BCUT2D eigenvalue weighted by Crippen LogP contribution is -2.23. The molecule has 0 amide bonds. The molecule has 0 fully saturated rings. The first kappa shape index (κ1) is 11.7. The minimum Gasteiger partial charge on any atom is -0.477 e. The van der Waals surface area contributed by atoms with Crippen LogP contribution < -0.4 is 0 Å². The Labute approximate surface area is 88.7 Å². The zero-order valence-electron chi connectivity index (χ0n) is 9.23. The third kappa shape index (κ3) is 3.71. The maximum atomic E-state index is 10.7. The van der Waals surface area contributed by atoms with Gasteiger partial charge in [0.15, 0.2) is 0 Å². The summed E-state index contributed by atoms with van der Waals surface area (Å²) in [7, 11) is 0. The Morgan fingerprint density at radius 1 is 1.60 bits per heavy atom. The molecule has 1 heterocycles. The molecule has 0 unspecified atom stereocenters. The number of nitrogens with zero attached hydrogens (tertiary/aromatic N) is 2. The number of hydrogen-bond acceptors (Lipinski definition) is 3. The topological polar surface area (TPSA) is 64.4 Å². The molecule has 5 heteroatoms. The highest BCUT2D eigenvalue weighted by Gasteiger charge is 2.12. The third-order valence-electron chi connectivity index (χ3n) is 1.77. The van der Waals surface area contributed by atoms with E-state index in [0.29, 0.717) is 13.2 Å². The van der Waals surface area contributed by atoms with Gasteiger partial charge in [-0.05, 0) is 26.8 Å². The highest BCUT2D eigenvalue weighted by Crippen LogP contribution is 2.07. The fourth-order valence-electron chi connectivity index (χ4n) is 1.13. The summed E-state index contributed by atoms with van der Waals surface area (Å²) in [4.78, 5) is 10.7. The van der Waals surface area contributed by atoms with Gasteiger partial charge >= 0.3 is 5.97 Å². The minimum atomic E-state index is -0.969. The first-order chi connectivity index (χ1) is 6.90. The molecule has 0 spiro atoms. The van der Waals surface area contributed by atoms with Gasteiger partial charge < -0.3 is 9.84 Å². The molecule has 1 N–H and O–H groups in total. The number of carbonyl (C=O) groups is 1. The molecule has 0 aromatic carbocycles. The van der Waals surface area contributed by atoms with E-state index < -0.39 is 5.97 Å². The molecule has 1 aromatic rings. The van der Waals surface area contributed by atoms with Crippen molar-refractivity contribution < 1.29 is 14.6 Å². The van der Waals surface area contributed by atoms with Gasteiger partial charge in [0.25, 0.3) is 0 Å². The van der Waals surface area contributed by atoms with Crippen LogP contribution in [-0.4, -0.2) is 33.1 Å². The van der Waals surface area contributed by atoms with E-state index in [-0.39, 0.29) is 11.3 Å². The van der Waals surface area contributed by atoms with Crippen LogP contribution in [0.5, 0.6) is 0 Å². The fourth-order valence-corrected chi connectivity index (χ4v) is 1.13. The molecule has 0 bridgehead atoms. The van der Waals surface area contributed by atoms with Gasteiger partial charge in [-0.15, -0.1) is 0 Å². The summed E-state index contributed by atoms with van der Waals surface area (Å²) in [6.07, 6.45) is 1.47. The van der Waals surface area contributed by atoms with E-state index in [4.69, 9.17) is 9.84 Å². The summed E-state index contributed by atoms with van der Waals surface area (Å²) >= 11 is 0. The number of aromatic nitrogens is 2. The van der Waals surface area contributed by atoms with Crippen molar-refractivity contribution >= 4 is 5.97 Å². The van der Waals surface area contributed by atoms with Crippen molar-refractivity contribution in [2.45, 2.75) is 32.9 Å². The molecule has 0 aliphatic carbocycles. The Balaban J connectivity index is 2.51. The molecule has 1 aromatic heterocycles. The monoisotopic (exact) mass is 212 g/mol. The van der Waals surface area contributed by atoms with Gasteiger partial charge in [0.05, 0.1) is 18.8 Å². The highest BCUT2D eigenvalue weighted by atomic mass is 16.5. The highest BCUT2D eigenvalue weighted by molar-refractivity contribution is 5.85. The normalized spacial score (nSPS) is 11.7. The lowest BCUT2D eigenvalue weighted by atomic mass is 10.2. The molecular formula is C10H16N2O3. The van der Waals surface area contributed by atoms with Crippen molar-refractivity contribution in [2.24, 2.45) is 0 Å². The van der Waals surface area contributed by atoms with E-state index in [1.165, 1.54) is 16.9 Å². The van der Waals surface area contributed by atoms with E-state index >= 15 is 0 Å². The quantitative estimate of drug-likeness (QED) is 0.819. The fraction of sp³-hybridized carbons (Fsp3) is 0.600. The molecule has 5 nitrogen and oxygen atoms in total. The molecule has 15 heavy (non-hydrogen) atoms. The lowest BCUT2D eigenvalue weighted by molar-refractivity contribution is -0.00817. The molecule has 84 valence electrons. The number of carboxylic acid groups (broad SMARTS) is 1. The molecule has 1 rings (SSSR count). The third-order valence-corrected chi connectivity index (χ3v) is 1.77. The van der Waals surface area contributed by atoms with Crippen LogP contribution in [0.15, 0.2) is 12.3 Å². The number of rotatable bonds is 4. The van der Waals surface area contributed by atoms with Crippen LogP contribution in [0, 0.1) is 0 Å². The van der Waals surface area contributed by atoms with Crippen LogP contribution in [0.4, 0.5) is 0 Å². The maximum absolute atomic E-state index is 10.7. The van der Waals surface area contributed by atoms with Gasteiger partial charge in [-0.2, -0.15) is 5.10 Å². The van der Waals surface area contributed by atoms with Gasteiger partial charge in [-0.1, -0.05) is 0 Å². The Morgan fingerprint density at radius 2 is 2.27 bits per heavy atom. The van der Waals surface area contributed by atoms with Gasteiger partial charge in [-0.3, -0.25) is 4.68 Å². The van der Waals surface area contributed by atoms with Crippen LogP contribution in [-0.2, 0) is 11.3 Å². The van der Waals surface area contributed by atoms with Crippen LogP contribution in [0.2, 0.25) is 0 Å². The van der Waals surface area contributed by atoms with Crippen LogP contribution in [0.3, 0.4) is 0 Å². The summed E-state index contributed by atoms with van der Waals surface area (Å²) < 4.78 is 6.91. The number of carboxylic acids is 1. The van der Waals surface area contributed by atoms with Gasteiger partial charge in [-0.25, -0.2) is 4.79 Å². The van der Waals surface area contributed by atoms with Crippen molar-refractivity contribution in [1.82, 2.24) is 9.78 Å². The molecule has 0 aliphatic rings. The Kier molecular flexibility index (Phi) is 3.47. The zero-order chi connectivity index (χ0) is 11.5. The molecule has 0 atom stereocenters. The van der Waals surface area contributed by atoms with E-state index in [0.717, 1.165) is 0 Å². The maximum Gasteiger partial charge on any atom is 0.354 e. The largest absolute Gasteiger partial charge is 0.477 e. The summed E-state index contributed by atoms with van der Waals surface area (Å²) in [5, 5.41) is 12.7. The number of hydrogen-bond donors (Lipinski definition) is 1. The van der Waals surface area contributed by atoms with Crippen molar-refractivity contribution in [3.8, 4) is 0 Å². The smallest absolute Gasteiger partial charge is 0.354 e. The second-order valence-electron chi connectivity index (χ2n) is 4.21. The molecule has 0 saturated carbocycles. The summed E-state index contributed by atoms with van der Waals surface area (Å²) in [6.45, 7) is 6.76. The Hall–Kier alpha value is -1.36. The standard InChI is InChI=1S/C10H16N2O3/c1-10(2,3)15-7-6-12-8(9(13)14)4-5-11-12/h4-5H,6-7H2,1-3H3,(H,13,14). The summed E-state index contributed by atoms with van der Waals surface area (Å²) in [6, 6.07) is 1.47. The zero-order valence-corrected chi connectivity index (χ0v) is 9.23. The van der Waals surface area contributed by atoms with Crippen molar-refractivity contribution in [1.29, 1.82) is 0 Å². The van der Waals surface area contributed by atoms with E-state index in [1.807, 2.05) is 20.8 Å². The molecule has 0 saturated heterocycles. The minimum absolute atomic E-state index is 0.188. The molecule has 0 aliphatic heterocycles. The predicted octanol–water partition coefficient (Wildman–Crippen LogP) is 1.40. The second kappa shape index (κ2) is 4.44. The van der Waals surface area contributed by atoms with E-state index in [2.05, 4.69) is 5.10 Å².